The van der Waals surface area contributed by atoms with Crippen LogP contribution in [-0.4, -0.2) is 34.1 Å². The molecule has 1 N–H and O–H groups in total. The minimum absolute atomic E-state index is 0.679. The summed E-state index contributed by atoms with van der Waals surface area (Å²) in [6.07, 6.45) is 9.46. The molecule has 1 aromatic heterocycles. The fourth-order valence-electron chi connectivity index (χ4n) is 2.98. The van der Waals surface area contributed by atoms with Gasteiger partial charge < -0.3 is 9.88 Å². The Morgan fingerprint density at radius 1 is 1.35 bits per heavy atom. The molecule has 2 atom stereocenters. The van der Waals surface area contributed by atoms with E-state index in [0.29, 0.717) is 12.0 Å². The van der Waals surface area contributed by atoms with Gasteiger partial charge in [-0.1, -0.05) is 0 Å². The summed E-state index contributed by atoms with van der Waals surface area (Å²) in [4.78, 5) is 4.40. The lowest BCUT2D eigenvalue weighted by Crippen LogP contribution is -2.30. The molecule has 94 valence electrons. The highest BCUT2D eigenvalue weighted by molar-refractivity contribution is 7.99. The summed E-state index contributed by atoms with van der Waals surface area (Å²) in [6.45, 7) is 2.31. The van der Waals surface area contributed by atoms with E-state index in [1.807, 2.05) is 0 Å². The lowest BCUT2D eigenvalue weighted by Gasteiger charge is -2.29. The number of nitrogens with one attached hydrogen (secondary N) is 1. The van der Waals surface area contributed by atoms with Crippen molar-refractivity contribution in [2.45, 2.75) is 37.6 Å². The lowest BCUT2D eigenvalue weighted by molar-refractivity contribution is 0.415. The monoisotopic (exact) mass is 251 g/mol. The number of rotatable bonds is 2. The van der Waals surface area contributed by atoms with Gasteiger partial charge in [-0.3, -0.25) is 0 Å². The summed E-state index contributed by atoms with van der Waals surface area (Å²) in [7, 11) is 0. The lowest BCUT2D eigenvalue weighted by atomic mass is 9.96. The molecule has 0 bridgehead atoms. The number of piperidine rings is 1. The van der Waals surface area contributed by atoms with Gasteiger partial charge in [0.05, 0.1) is 6.33 Å². The van der Waals surface area contributed by atoms with Crippen LogP contribution in [0.3, 0.4) is 0 Å². The molecule has 0 radical (unpaired) electrons. The van der Waals surface area contributed by atoms with Crippen LogP contribution in [0.2, 0.25) is 0 Å². The van der Waals surface area contributed by atoms with E-state index >= 15 is 0 Å². The van der Waals surface area contributed by atoms with Gasteiger partial charge in [-0.25, -0.2) is 4.98 Å². The first-order chi connectivity index (χ1) is 8.45. The molecule has 3 rings (SSSR count). The Morgan fingerprint density at radius 2 is 2.35 bits per heavy atom. The molecule has 0 spiro atoms. The Kier molecular flexibility index (Phi) is 3.71. The van der Waals surface area contributed by atoms with E-state index in [1.165, 1.54) is 49.4 Å². The summed E-state index contributed by atoms with van der Waals surface area (Å²) < 4.78 is 2.46. The topological polar surface area (TPSA) is 29.9 Å². The summed E-state index contributed by atoms with van der Waals surface area (Å²) >= 11 is 2.09. The number of nitrogens with zero attached hydrogens (tertiary/aromatic N) is 2. The van der Waals surface area contributed by atoms with E-state index in [-0.39, 0.29) is 0 Å². The molecule has 2 aliphatic heterocycles. The highest BCUT2D eigenvalue weighted by Gasteiger charge is 2.23. The van der Waals surface area contributed by atoms with Crippen molar-refractivity contribution in [2.75, 3.05) is 24.6 Å². The van der Waals surface area contributed by atoms with Crippen LogP contribution >= 0.6 is 11.8 Å². The Labute approximate surface area is 107 Å². The van der Waals surface area contributed by atoms with Crippen LogP contribution < -0.4 is 5.32 Å². The molecular weight excluding hydrogens is 230 g/mol. The molecular formula is C13H21N3S. The van der Waals surface area contributed by atoms with Crippen molar-refractivity contribution in [3.63, 3.8) is 0 Å². The Balaban J connectivity index is 1.77. The van der Waals surface area contributed by atoms with Gasteiger partial charge in [-0.2, -0.15) is 11.8 Å². The third-order valence-corrected chi connectivity index (χ3v) is 5.14. The van der Waals surface area contributed by atoms with Crippen LogP contribution in [0, 0.1) is 0 Å². The maximum atomic E-state index is 4.40. The molecule has 2 aliphatic rings. The van der Waals surface area contributed by atoms with Crippen LogP contribution in [0.15, 0.2) is 12.5 Å². The summed E-state index contributed by atoms with van der Waals surface area (Å²) in [5, 5.41) is 3.51. The third-order valence-electron chi connectivity index (χ3n) is 3.94. The first-order valence-electron chi connectivity index (χ1n) is 6.75. The average Bonchev–Trinajstić information content (AvgIpc) is 2.90. The maximum absolute atomic E-state index is 4.40. The van der Waals surface area contributed by atoms with E-state index < -0.39 is 0 Å². The van der Waals surface area contributed by atoms with Gasteiger partial charge >= 0.3 is 0 Å². The summed E-state index contributed by atoms with van der Waals surface area (Å²) in [5.74, 6) is 3.29. The van der Waals surface area contributed by atoms with E-state index in [9.17, 15) is 0 Å². The Bertz CT molecular complexity index is 319. The molecule has 4 heteroatoms. The molecule has 2 unspecified atom stereocenters. The molecule has 2 saturated heterocycles. The normalized spacial score (nSPS) is 30.4. The largest absolute Gasteiger partial charge is 0.330 e. The van der Waals surface area contributed by atoms with Gasteiger partial charge in [-0.05, 0) is 38.0 Å². The molecule has 1 aromatic rings. The van der Waals surface area contributed by atoms with Crippen LogP contribution in [0.4, 0.5) is 0 Å². The molecule has 3 nitrogen and oxygen atoms in total. The number of imidazole rings is 1. The van der Waals surface area contributed by atoms with E-state index in [1.54, 1.807) is 0 Å². The third kappa shape index (κ3) is 2.52. The van der Waals surface area contributed by atoms with Crippen molar-refractivity contribution in [3.8, 4) is 0 Å². The van der Waals surface area contributed by atoms with Crippen LogP contribution in [0.1, 0.15) is 43.3 Å². The number of hydrogen-bond acceptors (Lipinski definition) is 3. The van der Waals surface area contributed by atoms with Gasteiger partial charge in [-0.15, -0.1) is 0 Å². The van der Waals surface area contributed by atoms with Gasteiger partial charge in [0.25, 0.3) is 0 Å². The van der Waals surface area contributed by atoms with Gasteiger partial charge in [0, 0.05) is 36.1 Å². The second kappa shape index (κ2) is 5.44. The van der Waals surface area contributed by atoms with E-state index in [0.717, 1.165) is 6.54 Å². The first-order valence-corrected chi connectivity index (χ1v) is 7.91. The predicted molar refractivity (Wildman–Crippen MR) is 72.7 cm³/mol. The molecule has 2 fully saturated rings. The average molecular weight is 251 g/mol. The zero-order valence-electron chi connectivity index (χ0n) is 10.3. The number of aromatic nitrogens is 2. The van der Waals surface area contributed by atoms with Gasteiger partial charge in [0.2, 0.25) is 0 Å². The summed E-state index contributed by atoms with van der Waals surface area (Å²) in [5.41, 5.74) is 1.46. The quantitative estimate of drug-likeness (QED) is 0.875. The predicted octanol–water partition coefficient (Wildman–Crippen LogP) is 2.42. The van der Waals surface area contributed by atoms with Crippen molar-refractivity contribution < 1.29 is 0 Å². The minimum atomic E-state index is 0.679. The molecule has 0 aliphatic carbocycles. The van der Waals surface area contributed by atoms with Gasteiger partial charge in [0.15, 0.2) is 0 Å². The molecule has 0 amide bonds. The fraction of sp³-hybridized carbons (Fsp3) is 0.769. The van der Waals surface area contributed by atoms with Gasteiger partial charge in [0.1, 0.15) is 0 Å². The zero-order valence-corrected chi connectivity index (χ0v) is 11.1. The van der Waals surface area contributed by atoms with Crippen LogP contribution in [0.5, 0.6) is 0 Å². The highest BCUT2D eigenvalue weighted by atomic mass is 32.2. The zero-order chi connectivity index (χ0) is 11.5. The molecule has 3 heterocycles. The maximum Gasteiger partial charge on any atom is 0.0951 e. The Hall–Kier alpha value is -0.480. The van der Waals surface area contributed by atoms with Crippen LogP contribution in [0.25, 0.3) is 0 Å². The van der Waals surface area contributed by atoms with Crippen molar-refractivity contribution in [2.24, 2.45) is 0 Å². The first kappa shape index (κ1) is 11.6. The fourth-order valence-corrected chi connectivity index (χ4v) is 4.12. The molecule has 17 heavy (non-hydrogen) atoms. The van der Waals surface area contributed by atoms with Crippen LogP contribution in [-0.2, 0) is 0 Å². The highest BCUT2D eigenvalue weighted by Crippen LogP contribution is 2.31. The number of thioether (sulfide) groups is 1. The van der Waals surface area contributed by atoms with Crippen molar-refractivity contribution >= 4 is 11.8 Å². The second-order valence-corrected chi connectivity index (χ2v) is 6.29. The van der Waals surface area contributed by atoms with E-state index in [2.05, 4.69) is 39.2 Å². The second-order valence-electron chi connectivity index (χ2n) is 5.14. The van der Waals surface area contributed by atoms with Crippen molar-refractivity contribution in [1.29, 1.82) is 0 Å². The van der Waals surface area contributed by atoms with Crippen molar-refractivity contribution in [1.82, 2.24) is 14.9 Å². The van der Waals surface area contributed by atoms with Crippen molar-refractivity contribution in [3.05, 3.63) is 18.2 Å². The smallest absolute Gasteiger partial charge is 0.0951 e. The summed E-state index contributed by atoms with van der Waals surface area (Å²) in [6, 6.07) is 0.688. The Morgan fingerprint density at radius 3 is 3.12 bits per heavy atom. The minimum Gasteiger partial charge on any atom is -0.330 e. The number of hydrogen-bond donors (Lipinski definition) is 1. The SMILES string of the molecule is c1ncn(C2CCCSC2)c1C1CCCNC1. The molecule has 0 aromatic carbocycles. The standard InChI is InChI=1S/C13H21N3S/c1-3-11(7-14-5-1)13-8-15-10-16(13)12-4-2-6-17-9-12/h8,10-12,14H,1-7,9H2. The molecule has 0 saturated carbocycles. The van der Waals surface area contributed by atoms with E-state index in [4.69, 9.17) is 0 Å².